The molecular formula is C22H16N4OS. The van der Waals surface area contributed by atoms with E-state index in [-0.39, 0.29) is 0 Å². The van der Waals surface area contributed by atoms with Crippen LogP contribution in [0, 0.1) is 11.3 Å². The van der Waals surface area contributed by atoms with Crippen LogP contribution in [0.1, 0.15) is 11.1 Å². The van der Waals surface area contributed by atoms with E-state index in [0.717, 1.165) is 32.8 Å². The van der Waals surface area contributed by atoms with Crippen molar-refractivity contribution in [2.24, 2.45) is 10.1 Å². The Balaban J connectivity index is 1.79. The highest BCUT2D eigenvalue weighted by molar-refractivity contribution is 7.07. The van der Waals surface area contributed by atoms with Crippen LogP contribution >= 0.6 is 11.3 Å². The second kappa shape index (κ2) is 7.91. The largest absolute Gasteiger partial charge is 0.454 e. The first-order valence-corrected chi connectivity index (χ1v) is 9.52. The summed E-state index contributed by atoms with van der Waals surface area (Å²) in [5.74, 6) is 0.731. The summed E-state index contributed by atoms with van der Waals surface area (Å²) in [6.45, 7) is 4.23. The van der Waals surface area contributed by atoms with E-state index in [9.17, 15) is 0 Å². The SMILES string of the molecule is C=CCN=c1scc(-c2cc3ccccc3o2)n1N=Cc1ccc(C#N)cc1. The summed E-state index contributed by atoms with van der Waals surface area (Å²) in [6.07, 6.45) is 3.49. The number of rotatable bonds is 5. The van der Waals surface area contributed by atoms with Gasteiger partial charge in [0.15, 0.2) is 5.76 Å². The fourth-order valence-corrected chi connectivity index (χ4v) is 3.54. The molecule has 2 aromatic carbocycles. The summed E-state index contributed by atoms with van der Waals surface area (Å²) in [5, 5.41) is 16.6. The normalized spacial score (nSPS) is 11.9. The number of hydrogen-bond acceptors (Lipinski definition) is 5. The van der Waals surface area contributed by atoms with Gasteiger partial charge in [0, 0.05) is 10.8 Å². The topological polar surface area (TPSA) is 66.6 Å². The summed E-state index contributed by atoms with van der Waals surface area (Å²) < 4.78 is 7.78. The van der Waals surface area contributed by atoms with Gasteiger partial charge in [-0.15, -0.1) is 17.9 Å². The number of nitrogens with zero attached hydrogens (tertiary/aromatic N) is 4. The molecule has 0 atom stereocenters. The summed E-state index contributed by atoms with van der Waals surface area (Å²) in [6, 6.07) is 19.3. The summed E-state index contributed by atoms with van der Waals surface area (Å²) in [5.41, 5.74) is 3.16. The first-order valence-electron chi connectivity index (χ1n) is 8.64. The molecule has 28 heavy (non-hydrogen) atoms. The summed E-state index contributed by atoms with van der Waals surface area (Å²) >= 11 is 1.49. The fraction of sp³-hybridized carbons (Fsp3) is 0.0455. The minimum Gasteiger partial charge on any atom is -0.454 e. The van der Waals surface area contributed by atoms with Crippen LogP contribution < -0.4 is 4.80 Å². The number of thiazole rings is 1. The molecule has 0 aliphatic rings. The van der Waals surface area contributed by atoms with Gasteiger partial charge in [0.2, 0.25) is 4.80 Å². The lowest BCUT2D eigenvalue weighted by Crippen LogP contribution is -2.12. The van der Waals surface area contributed by atoms with Crippen LogP contribution in [-0.2, 0) is 0 Å². The molecule has 0 fully saturated rings. The van der Waals surface area contributed by atoms with Crippen LogP contribution in [0.15, 0.2) is 87.1 Å². The third kappa shape index (κ3) is 3.56. The Morgan fingerprint density at radius 2 is 2.00 bits per heavy atom. The lowest BCUT2D eigenvalue weighted by Gasteiger charge is -2.00. The monoisotopic (exact) mass is 384 g/mol. The third-order valence-electron chi connectivity index (χ3n) is 4.08. The minimum absolute atomic E-state index is 0.506. The zero-order chi connectivity index (χ0) is 19.3. The van der Waals surface area contributed by atoms with Crippen LogP contribution in [-0.4, -0.2) is 17.4 Å². The molecule has 5 nitrogen and oxygen atoms in total. The highest BCUT2D eigenvalue weighted by Gasteiger charge is 2.12. The lowest BCUT2D eigenvalue weighted by atomic mass is 10.2. The molecule has 4 aromatic rings. The van der Waals surface area contributed by atoms with Gasteiger partial charge in [-0.25, -0.2) is 4.68 Å². The number of hydrogen-bond donors (Lipinski definition) is 0. The van der Waals surface area contributed by atoms with Crippen molar-refractivity contribution in [2.75, 3.05) is 6.54 Å². The first kappa shape index (κ1) is 17.7. The molecule has 136 valence electrons. The van der Waals surface area contributed by atoms with E-state index in [0.29, 0.717) is 12.1 Å². The average molecular weight is 384 g/mol. The Bertz CT molecular complexity index is 1230. The van der Waals surface area contributed by atoms with E-state index >= 15 is 0 Å². The number of nitriles is 1. The molecule has 0 bridgehead atoms. The van der Waals surface area contributed by atoms with Gasteiger partial charge in [-0.1, -0.05) is 36.4 Å². The van der Waals surface area contributed by atoms with Gasteiger partial charge in [-0.05, 0) is 29.8 Å². The zero-order valence-electron chi connectivity index (χ0n) is 14.9. The molecule has 0 N–H and O–H groups in total. The molecule has 0 spiro atoms. The van der Waals surface area contributed by atoms with Gasteiger partial charge in [0.1, 0.15) is 11.3 Å². The quantitative estimate of drug-likeness (QED) is 0.366. The van der Waals surface area contributed by atoms with Gasteiger partial charge >= 0.3 is 0 Å². The molecule has 0 aliphatic heterocycles. The van der Waals surface area contributed by atoms with Crippen molar-refractivity contribution in [3.8, 4) is 17.5 Å². The van der Waals surface area contributed by atoms with Gasteiger partial charge in [0.25, 0.3) is 0 Å². The second-order valence-electron chi connectivity index (χ2n) is 5.97. The molecule has 2 heterocycles. The van der Waals surface area contributed by atoms with E-state index in [1.54, 1.807) is 29.1 Å². The summed E-state index contributed by atoms with van der Waals surface area (Å²) in [4.78, 5) is 5.28. The van der Waals surface area contributed by atoms with E-state index < -0.39 is 0 Å². The molecule has 2 aromatic heterocycles. The highest BCUT2D eigenvalue weighted by atomic mass is 32.1. The van der Waals surface area contributed by atoms with Crippen molar-refractivity contribution < 1.29 is 4.42 Å². The third-order valence-corrected chi connectivity index (χ3v) is 4.93. The molecular weight excluding hydrogens is 368 g/mol. The van der Waals surface area contributed by atoms with E-state index in [4.69, 9.17) is 9.68 Å². The van der Waals surface area contributed by atoms with Gasteiger partial charge < -0.3 is 4.42 Å². The molecule has 0 unspecified atom stereocenters. The predicted molar refractivity (Wildman–Crippen MR) is 112 cm³/mol. The Labute approximate surface area is 165 Å². The molecule has 0 radical (unpaired) electrons. The van der Waals surface area contributed by atoms with Crippen molar-refractivity contribution >= 4 is 28.5 Å². The molecule has 0 amide bonds. The first-order chi connectivity index (χ1) is 13.8. The number of aromatic nitrogens is 1. The van der Waals surface area contributed by atoms with Crippen LogP contribution in [0.2, 0.25) is 0 Å². The number of benzene rings is 2. The van der Waals surface area contributed by atoms with Crippen LogP contribution in [0.25, 0.3) is 22.4 Å². The van der Waals surface area contributed by atoms with Crippen molar-refractivity contribution in [1.29, 1.82) is 5.26 Å². The van der Waals surface area contributed by atoms with Crippen molar-refractivity contribution in [3.63, 3.8) is 0 Å². The maximum Gasteiger partial charge on any atom is 0.206 e. The standard InChI is InChI=1S/C22H16N4OS/c1-2-11-24-22-26(25-14-17-9-7-16(13-23)8-10-17)19(15-28-22)21-12-18-5-3-4-6-20(18)27-21/h2-10,12,14-15H,1,11H2. The van der Waals surface area contributed by atoms with Crippen molar-refractivity contribution in [3.05, 3.63) is 88.6 Å². The van der Waals surface area contributed by atoms with Crippen molar-refractivity contribution in [1.82, 2.24) is 4.68 Å². The van der Waals surface area contributed by atoms with E-state index in [1.165, 1.54) is 11.3 Å². The minimum atomic E-state index is 0.506. The maximum atomic E-state index is 8.93. The van der Waals surface area contributed by atoms with Crippen LogP contribution in [0.4, 0.5) is 0 Å². The molecule has 0 saturated heterocycles. The van der Waals surface area contributed by atoms with Gasteiger partial charge in [0.05, 0.1) is 24.4 Å². The van der Waals surface area contributed by atoms with Crippen LogP contribution in [0.3, 0.4) is 0 Å². The number of fused-ring (bicyclic) bond motifs is 1. The molecule has 4 rings (SSSR count). The Kier molecular flexibility index (Phi) is 5.00. The Hall–Kier alpha value is -3.69. The predicted octanol–water partition coefficient (Wildman–Crippen LogP) is 4.80. The summed E-state index contributed by atoms with van der Waals surface area (Å²) in [7, 11) is 0. The van der Waals surface area contributed by atoms with Gasteiger partial charge in [-0.3, -0.25) is 4.99 Å². The van der Waals surface area contributed by atoms with E-state index in [1.807, 2.05) is 47.8 Å². The number of furan rings is 1. The smallest absolute Gasteiger partial charge is 0.206 e. The lowest BCUT2D eigenvalue weighted by molar-refractivity contribution is 0.621. The molecule has 0 saturated carbocycles. The average Bonchev–Trinajstić information content (AvgIpc) is 3.34. The highest BCUT2D eigenvalue weighted by Crippen LogP contribution is 2.28. The zero-order valence-corrected chi connectivity index (χ0v) is 15.8. The van der Waals surface area contributed by atoms with Crippen LogP contribution in [0.5, 0.6) is 0 Å². The van der Waals surface area contributed by atoms with E-state index in [2.05, 4.69) is 22.7 Å². The van der Waals surface area contributed by atoms with Gasteiger partial charge in [-0.2, -0.15) is 10.4 Å². The number of para-hydroxylation sites is 1. The fourth-order valence-electron chi connectivity index (χ4n) is 2.71. The second-order valence-corrected chi connectivity index (χ2v) is 6.81. The maximum absolute atomic E-state index is 8.93. The Morgan fingerprint density at radius 1 is 1.18 bits per heavy atom. The molecule has 0 aliphatic carbocycles. The van der Waals surface area contributed by atoms with Crippen molar-refractivity contribution in [2.45, 2.75) is 0 Å². The Morgan fingerprint density at radius 3 is 2.75 bits per heavy atom. The molecule has 6 heteroatoms.